The summed E-state index contributed by atoms with van der Waals surface area (Å²) in [5.41, 5.74) is 3.04. The summed E-state index contributed by atoms with van der Waals surface area (Å²) >= 11 is 0. The number of nitrogens with zero attached hydrogens (tertiary/aromatic N) is 1. The van der Waals surface area contributed by atoms with E-state index in [-0.39, 0.29) is 18.2 Å². The van der Waals surface area contributed by atoms with E-state index in [0.717, 1.165) is 28.9 Å². The Hall–Kier alpha value is -2.82. The third-order valence-corrected chi connectivity index (χ3v) is 4.83. The molecule has 0 aromatic heterocycles. The summed E-state index contributed by atoms with van der Waals surface area (Å²) in [4.78, 5) is 27.3. The van der Waals surface area contributed by atoms with Crippen molar-refractivity contribution in [1.29, 1.82) is 0 Å². The van der Waals surface area contributed by atoms with Gasteiger partial charge in [0.2, 0.25) is 11.8 Å². The fourth-order valence-corrected chi connectivity index (χ4v) is 2.97. The lowest BCUT2D eigenvalue weighted by Crippen LogP contribution is -2.48. The van der Waals surface area contributed by atoms with Crippen molar-refractivity contribution in [2.24, 2.45) is 0 Å². The SMILES string of the molecule is CCCNC(=O)C(C)N(Cc1ccccc1C)C(=O)Cc1ccc(OC)cc1. The molecule has 28 heavy (non-hydrogen) atoms. The van der Waals surface area contributed by atoms with E-state index in [0.29, 0.717) is 13.1 Å². The smallest absolute Gasteiger partial charge is 0.242 e. The monoisotopic (exact) mass is 382 g/mol. The summed E-state index contributed by atoms with van der Waals surface area (Å²) in [6.07, 6.45) is 1.09. The molecule has 1 unspecified atom stereocenters. The average molecular weight is 383 g/mol. The van der Waals surface area contributed by atoms with Gasteiger partial charge < -0.3 is 15.0 Å². The molecule has 0 heterocycles. The van der Waals surface area contributed by atoms with E-state index >= 15 is 0 Å². The number of aryl methyl sites for hydroxylation is 1. The highest BCUT2D eigenvalue weighted by Crippen LogP contribution is 2.17. The van der Waals surface area contributed by atoms with Crippen molar-refractivity contribution in [2.75, 3.05) is 13.7 Å². The minimum atomic E-state index is -0.545. The van der Waals surface area contributed by atoms with Gasteiger partial charge in [0.15, 0.2) is 0 Å². The molecule has 2 amide bonds. The number of hydrogen-bond acceptors (Lipinski definition) is 3. The third-order valence-electron chi connectivity index (χ3n) is 4.83. The van der Waals surface area contributed by atoms with Crippen LogP contribution in [0.4, 0.5) is 0 Å². The lowest BCUT2D eigenvalue weighted by atomic mass is 10.1. The second kappa shape index (κ2) is 10.5. The van der Waals surface area contributed by atoms with E-state index in [9.17, 15) is 9.59 Å². The zero-order valence-electron chi connectivity index (χ0n) is 17.2. The molecule has 0 radical (unpaired) electrons. The molecule has 0 saturated heterocycles. The zero-order valence-corrected chi connectivity index (χ0v) is 17.2. The Kier molecular flexibility index (Phi) is 8.05. The van der Waals surface area contributed by atoms with E-state index in [2.05, 4.69) is 5.32 Å². The van der Waals surface area contributed by atoms with Crippen LogP contribution in [0.5, 0.6) is 5.75 Å². The Labute approximate surface area is 167 Å². The maximum absolute atomic E-state index is 13.1. The van der Waals surface area contributed by atoms with Crippen molar-refractivity contribution in [1.82, 2.24) is 10.2 Å². The molecule has 1 N–H and O–H groups in total. The van der Waals surface area contributed by atoms with Crippen LogP contribution in [-0.2, 0) is 22.6 Å². The first-order valence-corrected chi connectivity index (χ1v) is 9.70. The van der Waals surface area contributed by atoms with E-state index in [1.165, 1.54) is 0 Å². The van der Waals surface area contributed by atoms with Crippen LogP contribution >= 0.6 is 0 Å². The number of benzene rings is 2. The van der Waals surface area contributed by atoms with Crippen molar-refractivity contribution in [3.05, 3.63) is 65.2 Å². The van der Waals surface area contributed by atoms with Gasteiger partial charge in [-0.3, -0.25) is 9.59 Å². The quantitative estimate of drug-likeness (QED) is 0.722. The van der Waals surface area contributed by atoms with E-state index in [4.69, 9.17) is 4.74 Å². The predicted octanol–water partition coefficient (Wildman–Crippen LogP) is 3.49. The van der Waals surface area contributed by atoms with E-state index in [1.54, 1.807) is 18.9 Å². The molecule has 0 aliphatic rings. The highest BCUT2D eigenvalue weighted by Gasteiger charge is 2.26. The minimum absolute atomic E-state index is 0.0763. The van der Waals surface area contributed by atoms with E-state index in [1.807, 2.05) is 62.4 Å². The van der Waals surface area contributed by atoms with Gasteiger partial charge in [-0.25, -0.2) is 0 Å². The second-order valence-electron chi connectivity index (χ2n) is 6.94. The van der Waals surface area contributed by atoms with Crippen LogP contribution < -0.4 is 10.1 Å². The molecule has 0 bridgehead atoms. The number of nitrogens with one attached hydrogen (secondary N) is 1. The summed E-state index contributed by atoms with van der Waals surface area (Å²) in [6, 6.07) is 14.8. The van der Waals surface area contributed by atoms with Crippen molar-refractivity contribution >= 4 is 11.8 Å². The fraction of sp³-hybridized carbons (Fsp3) is 0.391. The largest absolute Gasteiger partial charge is 0.497 e. The van der Waals surface area contributed by atoms with Crippen LogP contribution in [0.3, 0.4) is 0 Å². The summed E-state index contributed by atoms with van der Waals surface area (Å²) in [5, 5.41) is 2.90. The number of amides is 2. The zero-order chi connectivity index (χ0) is 20.5. The maximum Gasteiger partial charge on any atom is 0.242 e. The normalized spacial score (nSPS) is 11.6. The molecule has 0 spiro atoms. The number of methoxy groups -OCH3 is 1. The molecule has 2 aromatic rings. The third kappa shape index (κ3) is 5.84. The topological polar surface area (TPSA) is 58.6 Å². The number of ether oxygens (including phenoxy) is 1. The molecule has 2 aromatic carbocycles. The molecule has 5 heteroatoms. The number of carbonyl (C=O) groups is 2. The molecule has 150 valence electrons. The number of carbonyl (C=O) groups excluding carboxylic acids is 2. The van der Waals surface area contributed by atoms with Crippen LogP contribution in [0.1, 0.15) is 37.0 Å². The Bertz CT molecular complexity index is 787. The molecule has 2 rings (SSSR count). The first-order chi connectivity index (χ1) is 13.5. The molecule has 0 aliphatic heterocycles. The van der Waals surface area contributed by atoms with Crippen molar-refractivity contribution in [2.45, 2.75) is 46.2 Å². The highest BCUT2D eigenvalue weighted by atomic mass is 16.5. The van der Waals surface area contributed by atoms with Crippen LogP contribution in [-0.4, -0.2) is 36.4 Å². The van der Waals surface area contributed by atoms with Gasteiger partial charge in [0.25, 0.3) is 0 Å². The second-order valence-corrected chi connectivity index (χ2v) is 6.94. The van der Waals surface area contributed by atoms with Gasteiger partial charge in [-0.2, -0.15) is 0 Å². The van der Waals surface area contributed by atoms with Gasteiger partial charge in [0.05, 0.1) is 13.5 Å². The molecular weight excluding hydrogens is 352 g/mol. The lowest BCUT2D eigenvalue weighted by molar-refractivity contribution is -0.140. The molecule has 0 aliphatic carbocycles. The lowest BCUT2D eigenvalue weighted by Gasteiger charge is -2.29. The Balaban J connectivity index is 2.21. The standard InChI is InChI=1S/C23H30N2O3/c1-5-14-24-23(27)18(3)25(16-20-9-7-6-8-17(20)2)22(26)15-19-10-12-21(28-4)13-11-19/h6-13,18H,5,14-16H2,1-4H3,(H,24,27). The van der Waals surface area contributed by atoms with E-state index < -0.39 is 6.04 Å². The summed E-state index contributed by atoms with van der Waals surface area (Å²) in [7, 11) is 1.61. The molecule has 0 saturated carbocycles. The van der Waals surface area contributed by atoms with Gasteiger partial charge in [-0.1, -0.05) is 43.3 Å². The highest BCUT2D eigenvalue weighted by molar-refractivity contribution is 5.88. The predicted molar refractivity (Wildman–Crippen MR) is 111 cm³/mol. The molecule has 5 nitrogen and oxygen atoms in total. The van der Waals surface area contributed by atoms with Gasteiger partial charge in [-0.15, -0.1) is 0 Å². The van der Waals surface area contributed by atoms with Crippen molar-refractivity contribution < 1.29 is 14.3 Å². The Morgan fingerprint density at radius 2 is 1.79 bits per heavy atom. The number of rotatable bonds is 9. The Morgan fingerprint density at radius 3 is 2.39 bits per heavy atom. The minimum Gasteiger partial charge on any atom is -0.497 e. The first-order valence-electron chi connectivity index (χ1n) is 9.70. The van der Waals surface area contributed by atoms with Crippen LogP contribution in [0.15, 0.2) is 48.5 Å². The fourth-order valence-electron chi connectivity index (χ4n) is 2.97. The Morgan fingerprint density at radius 1 is 1.11 bits per heavy atom. The van der Waals surface area contributed by atoms with Gasteiger partial charge in [0.1, 0.15) is 11.8 Å². The van der Waals surface area contributed by atoms with Gasteiger partial charge >= 0.3 is 0 Å². The van der Waals surface area contributed by atoms with Crippen molar-refractivity contribution in [3.63, 3.8) is 0 Å². The van der Waals surface area contributed by atoms with Crippen molar-refractivity contribution in [3.8, 4) is 5.75 Å². The number of hydrogen-bond donors (Lipinski definition) is 1. The van der Waals surface area contributed by atoms with Gasteiger partial charge in [-0.05, 0) is 49.1 Å². The molecular formula is C23H30N2O3. The molecule has 1 atom stereocenters. The summed E-state index contributed by atoms with van der Waals surface area (Å²) < 4.78 is 5.17. The van der Waals surface area contributed by atoms with Crippen LogP contribution in [0, 0.1) is 6.92 Å². The van der Waals surface area contributed by atoms with Gasteiger partial charge in [0, 0.05) is 13.1 Å². The first kappa shape index (κ1) is 21.5. The van der Waals surface area contributed by atoms with Crippen LogP contribution in [0.2, 0.25) is 0 Å². The maximum atomic E-state index is 13.1. The van der Waals surface area contributed by atoms with Crippen LogP contribution in [0.25, 0.3) is 0 Å². The molecule has 0 fully saturated rings. The summed E-state index contributed by atoms with van der Waals surface area (Å²) in [6.45, 7) is 6.82. The average Bonchev–Trinajstić information content (AvgIpc) is 2.71. The summed E-state index contributed by atoms with van der Waals surface area (Å²) in [5.74, 6) is 0.548.